The molecule has 0 radical (unpaired) electrons. The summed E-state index contributed by atoms with van der Waals surface area (Å²) in [5.41, 5.74) is 1.46. The third-order valence-corrected chi connectivity index (χ3v) is 2.01. The zero-order valence-corrected chi connectivity index (χ0v) is 7.97. The first-order chi connectivity index (χ1) is 7.28. The van der Waals surface area contributed by atoms with Crippen LogP contribution in [-0.2, 0) is 13.2 Å². The molecule has 2 rings (SSSR count). The molecule has 0 spiro atoms. The molecule has 1 heterocycles. The minimum atomic E-state index is -0.256. The molecular weight excluding hydrogens is 197 g/mol. The van der Waals surface area contributed by atoms with E-state index in [0.29, 0.717) is 12.2 Å². The van der Waals surface area contributed by atoms with Crippen molar-refractivity contribution in [3.63, 3.8) is 0 Å². The smallest absolute Gasteiger partial charge is 0.123 e. The first-order valence-corrected chi connectivity index (χ1v) is 4.52. The van der Waals surface area contributed by atoms with E-state index in [1.807, 2.05) is 0 Å². The molecular formula is C10H10FN3O. The third kappa shape index (κ3) is 2.38. The summed E-state index contributed by atoms with van der Waals surface area (Å²) in [6.45, 7) is 0.400. The van der Waals surface area contributed by atoms with Crippen LogP contribution in [0, 0.1) is 5.82 Å². The fraction of sp³-hybridized carbons (Fsp3) is 0.200. The van der Waals surface area contributed by atoms with Gasteiger partial charge in [0.05, 0.1) is 19.3 Å². The number of aromatic nitrogens is 3. The molecule has 15 heavy (non-hydrogen) atoms. The van der Waals surface area contributed by atoms with Crippen LogP contribution in [0.25, 0.3) is 0 Å². The number of hydrogen-bond donors (Lipinski definition) is 1. The normalized spacial score (nSPS) is 10.5. The summed E-state index contributed by atoms with van der Waals surface area (Å²) in [7, 11) is 0. The van der Waals surface area contributed by atoms with Gasteiger partial charge in [0.25, 0.3) is 0 Å². The fourth-order valence-electron chi connectivity index (χ4n) is 1.27. The Hall–Kier alpha value is -1.75. The molecule has 5 heteroatoms. The maximum atomic E-state index is 12.6. The van der Waals surface area contributed by atoms with Crippen molar-refractivity contribution in [2.24, 2.45) is 0 Å². The van der Waals surface area contributed by atoms with Crippen LogP contribution in [0.1, 0.15) is 11.3 Å². The maximum Gasteiger partial charge on any atom is 0.123 e. The Morgan fingerprint density at radius 1 is 1.27 bits per heavy atom. The number of benzene rings is 1. The summed E-state index contributed by atoms with van der Waals surface area (Å²) in [5.74, 6) is -0.256. The Morgan fingerprint density at radius 3 is 2.60 bits per heavy atom. The SMILES string of the molecule is OCc1cn(Cc2ccc(F)cc2)nn1. The average molecular weight is 207 g/mol. The van der Waals surface area contributed by atoms with Gasteiger partial charge < -0.3 is 5.11 Å². The van der Waals surface area contributed by atoms with Crippen LogP contribution in [0.15, 0.2) is 30.5 Å². The minimum Gasteiger partial charge on any atom is -0.390 e. The van der Waals surface area contributed by atoms with Gasteiger partial charge in [-0.25, -0.2) is 9.07 Å². The molecule has 0 unspecified atom stereocenters. The van der Waals surface area contributed by atoms with Crippen molar-refractivity contribution in [1.29, 1.82) is 0 Å². The zero-order chi connectivity index (χ0) is 10.7. The topological polar surface area (TPSA) is 50.9 Å². The predicted molar refractivity (Wildman–Crippen MR) is 51.4 cm³/mol. The Balaban J connectivity index is 2.11. The Morgan fingerprint density at radius 2 is 2.00 bits per heavy atom. The standard InChI is InChI=1S/C10H10FN3O/c11-9-3-1-8(2-4-9)5-14-6-10(7-15)12-13-14/h1-4,6,15H,5,7H2. The summed E-state index contributed by atoms with van der Waals surface area (Å²) >= 11 is 0. The summed E-state index contributed by atoms with van der Waals surface area (Å²) < 4.78 is 14.2. The number of aliphatic hydroxyl groups excluding tert-OH is 1. The van der Waals surface area contributed by atoms with E-state index < -0.39 is 0 Å². The van der Waals surface area contributed by atoms with Crippen LogP contribution < -0.4 is 0 Å². The molecule has 1 aromatic heterocycles. The lowest BCUT2D eigenvalue weighted by atomic mass is 10.2. The van der Waals surface area contributed by atoms with E-state index in [0.717, 1.165) is 5.56 Å². The van der Waals surface area contributed by atoms with Crippen molar-refractivity contribution >= 4 is 0 Å². The largest absolute Gasteiger partial charge is 0.390 e. The van der Waals surface area contributed by atoms with Gasteiger partial charge in [-0.3, -0.25) is 0 Å². The van der Waals surface area contributed by atoms with Gasteiger partial charge in [0.15, 0.2) is 0 Å². The second-order valence-electron chi connectivity index (χ2n) is 3.19. The Bertz CT molecular complexity index is 438. The van der Waals surface area contributed by atoms with Gasteiger partial charge in [-0.05, 0) is 17.7 Å². The van der Waals surface area contributed by atoms with Crippen LogP contribution >= 0.6 is 0 Å². The lowest BCUT2D eigenvalue weighted by Gasteiger charge is -1.99. The second kappa shape index (κ2) is 4.18. The lowest BCUT2D eigenvalue weighted by molar-refractivity contribution is 0.276. The highest BCUT2D eigenvalue weighted by atomic mass is 19.1. The molecule has 0 amide bonds. The number of hydrogen-bond acceptors (Lipinski definition) is 3. The number of nitrogens with zero attached hydrogens (tertiary/aromatic N) is 3. The first-order valence-electron chi connectivity index (χ1n) is 4.52. The molecule has 0 fully saturated rings. The Labute approximate surface area is 86.0 Å². The van der Waals surface area contributed by atoms with Crippen LogP contribution in [0.2, 0.25) is 0 Å². The molecule has 2 aromatic rings. The van der Waals surface area contributed by atoms with E-state index in [-0.39, 0.29) is 12.4 Å². The highest BCUT2D eigenvalue weighted by molar-refractivity contribution is 5.16. The third-order valence-electron chi connectivity index (χ3n) is 2.01. The van der Waals surface area contributed by atoms with Crippen molar-refractivity contribution in [3.8, 4) is 0 Å². The molecule has 0 aliphatic heterocycles. The number of rotatable bonds is 3. The lowest BCUT2D eigenvalue weighted by Crippen LogP contribution is -2.00. The number of halogens is 1. The van der Waals surface area contributed by atoms with Crippen LogP contribution in [0.3, 0.4) is 0 Å². The van der Waals surface area contributed by atoms with Crippen molar-refractivity contribution in [2.45, 2.75) is 13.2 Å². The molecule has 0 bridgehead atoms. The van der Waals surface area contributed by atoms with Crippen molar-refractivity contribution in [1.82, 2.24) is 15.0 Å². The summed E-state index contributed by atoms with van der Waals surface area (Å²) in [5, 5.41) is 16.3. The van der Waals surface area contributed by atoms with E-state index >= 15 is 0 Å². The quantitative estimate of drug-likeness (QED) is 0.815. The van der Waals surface area contributed by atoms with Gasteiger partial charge in [-0.1, -0.05) is 17.3 Å². The van der Waals surface area contributed by atoms with E-state index in [4.69, 9.17) is 5.11 Å². The van der Waals surface area contributed by atoms with E-state index in [1.165, 1.54) is 12.1 Å². The van der Waals surface area contributed by atoms with E-state index in [9.17, 15) is 4.39 Å². The molecule has 0 aliphatic rings. The maximum absolute atomic E-state index is 12.6. The highest BCUT2D eigenvalue weighted by Crippen LogP contribution is 2.04. The highest BCUT2D eigenvalue weighted by Gasteiger charge is 2.00. The van der Waals surface area contributed by atoms with Gasteiger partial charge >= 0.3 is 0 Å². The molecule has 0 saturated heterocycles. The van der Waals surface area contributed by atoms with Gasteiger partial charge in [0.2, 0.25) is 0 Å². The molecule has 78 valence electrons. The van der Waals surface area contributed by atoms with Crippen LogP contribution in [0.5, 0.6) is 0 Å². The van der Waals surface area contributed by atoms with Crippen molar-refractivity contribution in [2.75, 3.05) is 0 Å². The Kier molecular flexibility index (Phi) is 2.73. The average Bonchev–Trinajstić information content (AvgIpc) is 2.69. The van der Waals surface area contributed by atoms with Crippen molar-refractivity contribution < 1.29 is 9.50 Å². The van der Waals surface area contributed by atoms with Gasteiger partial charge in [-0.2, -0.15) is 0 Å². The van der Waals surface area contributed by atoms with Crippen LogP contribution in [-0.4, -0.2) is 20.1 Å². The first kappa shape index (κ1) is 9.79. The summed E-state index contributed by atoms with van der Waals surface area (Å²) in [4.78, 5) is 0. The van der Waals surface area contributed by atoms with E-state index in [2.05, 4.69) is 10.3 Å². The van der Waals surface area contributed by atoms with Crippen LogP contribution in [0.4, 0.5) is 4.39 Å². The summed E-state index contributed by atoms with van der Waals surface area (Å²) in [6.07, 6.45) is 1.66. The van der Waals surface area contributed by atoms with Gasteiger partial charge in [0, 0.05) is 0 Å². The second-order valence-corrected chi connectivity index (χ2v) is 3.19. The van der Waals surface area contributed by atoms with E-state index in [1.54, 1.807) is 23.0 Å². The molecule has 1 N–H and O–H groups in total. The van der Waals surface area contributed by atoms with Gasteiger partial charge in [-0.15, -0.1) is 5.10 Å². The molecule has 0 atom stereocenters. The molecule has 0 saturated carbocycles. The number of aliphatic hydroxyl groups is 1. The molecule has 1 aromatic carbocycles. The zero-order valence-electron chi connectivity index (χ0n) is 7.97. The molecule has 4 nitrogen and oxygen atoms in total. The molecule has 0 aliphatic carbocycles. The monoisotopic (exact) mass is 207 g/mol. The van der Waals surface area contributed by atoms with Gasteiger partial charge in [0.1, 0.15) is 11.5 Å². The predicted octanol–water partition coefficient (Wildman–Crippen LogP) is 0.958. The minimum absolute atomic E-state index is 0.122. The fourth-order valence-corrected chi connectivity index (χ4v) is 1.27. The van der Waals surface area contributed by atoms with Crippen molar-refractivity contribution in [3.05, 3.63) is 47.5 Å². The summed E-state index contributed by atoms with van der Waals surface area (Å²) in [6, 6.07) is 6.18.